The molecule has 0 aliphatic heterocycles. The number of hydrogen-bond acceptors (Lipinski definition) is 2. The van der Waals surface area contributed by atoms with E-state index < -0.39 is 5.92 Å². The average Bonchev–Trinajstić information content (AvgIpc) is 2.86. The number of benzene rings is 2. The average molecular weight is 286 g/mol. The highest BCUT2D eigenvalue weighted by atomic mass is 14.5. The quantitative estimate of drug-likeness (QED) is 0.593. The lowest BCUT2D eigenvalue weighted by Gasteiger charge is -2.31. The fraction of sp³-hybridized carbons (Fsp3) is 0.300. The molecule has 1 aliphatic rings. The summed E-state index contributed by atoms with van der Waals surface area (Å²) in [6.07, 6.45) is 5.40. The molecule has 22 heavy (non-hydrogen) atoms. The molecule has 108 valence electrons. The van der Waals surface area contributed by atoms with Crippen LogP contribution in [0.15, 0.2) is 49.1 Å². The van der Waals surface area contributed by atoms with Crippen LogP contribution in [0.5, 0.6) is 0 Å². The topological polar surface area (TPSA) is 47.6 Å². The lowest BCUT2D eigenvalue weighted by molar-refractivity contribution is 0.348. The second-order valence-corrected chi connectivity index (χ2v) is 6.03. The molecule has 0 saturated heterocycles. The molecule has 0 spiro atoms. The van der Waals surface area contributed by atoms with Gasteiger partial charge in [-0.1, -0.05) is 42.5 Å². The zero-order chi connectivity index (χ0) is 15.6. The smallest absolute Gasteiger partial charge is 0.143 e. The Morgan fingerprint density at radius 2 is 1.91 bits per heavy atom. The third kappa shape index (κ3) is 2.00. The molecule has 0 fully saturated rings. The van der Waals surface area contributed by atoms with Crippen molar-refractivity contribution < 1.29 is 0 Å². The van der Waals surface area contributed by atoms with Crippen molar-refractivity contribution in [3.63, 3.8) is 0 Å². The minimum absolute atomic E-state index is 0.379. The third-order valence-corrected chi connectivity index (χ3v) is 4.88. The van der Waals surface area contributed by atoms with Crippen LogP contribution in [-0.4, -0.2) is 0 Å². The lowest BCUT2D eigenvalue weighted by atomic mass is 9.68. The van der Waals surface area contributed by atoms with Gasteiger partial charge in [0, 0.05) is 5.41 Å². The van der Waals surface area contributed by atoms with E-state index in [4.69, 9.17) is 0 Å². The van der Waals surface area contributed by atoms with Crippen molar-refractivity contribution in [2.45, 2.75) is 31.1 Å². The van der Waals surface area contributed by atoms with Crippen molar-refractivity contribution >= 4 is 10.8 Å². The second kappa shape index (κ2) is 5.66. The molecule has 0 aromatic heterocycles. The molecular weight excluding hydrogens is 268 g/mol. The Morgan fingerprint density at radius 3 is 2.59 bits per heavy atom. The molecule has 1 aliphatic carbocycles. The summed E-state index contributed by atoms with van der Waals surface area (Å²) >= 11 is 0. The van der Waals surface area contributed by atoms with E-state index in [1.165, 1.54) is 21.9 Å². The van der Waals surface area contributed by atoms with Gasteiger partial charge in [0.05, 0.1) is 12.1 Å². The minimum atomic E-state index is -0.615. The van der Waals surface area contributed by atoms with Crippen LogP contribution < -0.4 is 0 Å². The van der Waals surface area contributed by atoms with E-state index in [9.17, 15) is 10.5 Å². The summed E-state index contributed by atoms with van der Waals surface area (Å²) in [5.74, 6) is -0.615. The summed E-state index contributed by atoms with van der Waals surface area (Å²) < 4.78 is 0. The number of nitrogens with zero attached hydrogens (tertiary/aromatic N) is 2. The van der Waals surface area contributed by atoms with Crippen molar-refractivity contribution in [1.29, 1.82) is 10.5 Å². The number of rotatable bonds is 5. The largest absolute Gasteiger partial charge is 0.197 e. The van der Waals surface area contributed by atoms with Crippen molar-refractivity contribution in [3.8, 4) is 12.1 Å². The molecule has 0 bridgehead atoms. The van der Waals surface area contributed by atoms with Crippen LogP contribution in [0.1, 0.15) is 30.4 Å². The molecule has 0 heterocycles. The van der Waals surface area contributed by atoms with Gasteiger partial charge in [-0.15, -0.1) is 6.58 Å². The summed E-state index contributed by atoms with van der Waals surface area (Å²) in [5, 5.41) is 21.6. The molecule has 2 heteroatoms. The Hall–Kier alpha value is -2.58. The zero-order valence-electron chi connectivity index (χ0n) is 12.5. The Kier molecular flexibility index (Phi) is 3.70. The van der Waals surface area contributed by atoms with Crippen molar-refractivity contribution in [1.82, 2.24) is 0 Å². The normalized spacial score (nSPS) is 19.0. The number of hydrogen-bond donors (Lipinski definition) is 0. The van der Waals surface area contributed by atoms with Crippen molar-refractivity contribution in [3.05, 3.63) is 60.2 Å². The fourth-order valence-corrected chi connectivity index (χ4v) is 3.88. The Balaban J connectivity index is 2.18. The monoisotopic (exact) mass is 286 g/mol. The van der Waals surface area contributed by atoms with Gasteiger partial charge in [-0.25, -0.2) is 0 Å². The first-order valence-electron chi connectivity index (χ1n) is 7.68. The first-order chi connectivity index (χ1) is 10.8. The van der Waals surface area contributed by atoms with Crippen molar-refractivity contribution in [2.24, 2.45) is 5.92 Å². The van der Waals surface area contributed by atoms with E-state index in [-0.39, 0.29) is 5.41 Å². The van der Waals surface area contributed by atoms with E-state index in [0.717, 1.165) is 25.7 Å². The predicted molar refractivity (Wildman–Crippen MR) is 88.1 cm³/mol. The molecule has 2 aromatic carbocycles. The number of nitriles is 2. The van der Waals surface area contributed by atoms with Gasteiger partial charge >= 0.3 is 0 Å². The van der Waals surface area contributed by atoms with Gasteiger partial charge in [0.15, 0.2) is 0 Å². The molecule has 3 rings (SSSR count). The standard InChI is InChI=1S/C20H18N2/c1-2-3-4-11-20(17(13-21)14-22)12-16-9-5-7-15-8-6-10-18(20)19(15)16/h2,5-10,17H,1,3-4,11-12H2. The van der Waals surface area contributed by atoms with E-state index in [1.54, 1.807) is 0 Å². The van der Waals surface area contributed by atoms with Crippen LogP contribution in [0, 0.1) is 28.6 Å². The molecule has 2 nitrogen and oxygen atoms in total. The van der Waals surface area contributed by atoms with Crippen LogP contribution in [0.25, 0.3) is 10.8 Å². The Morgan fingerprint density at radius 1 is 1.18 bits per heavy atom. The Bertz CT molecular complexity index is 787. The third-order valence-electron chi connectivity index (χ3n) is 4.88. The van der Waals surface area contributed by atoms with Gasteiger partial charge in [-0.3, -0.25) is 0 Å². The van der Waals surface area contributed by atoms with Crippen LogP contribution in [0.3, 0.4) is 0 Å². The van der Waals surface area contributed by atoms with Gasteiger partial charge in [0.25, 0.3) is 0 Å². The highest BCUT2D eigenvalue weighted by Gasteiger charge is 2.45. The first-order valence-corrected chi connectivity index (χ1v) is 7.68. The van der Waals surface area contributed by atoms with Crippen LogP contribution in [0.4, 0.5) is 0 Å². The fourth-order valence-electron chi connectivity index (χ4n) is 3.88. The van der Waals surface area contributed by atoms with Gasteiger partial charge in [-0.05, 0) is 47.6 Å². The van der Waals surface area contributed by atoms with Crippen LogP contribution in [0.2, 0.25) is 0 Å². The molecule has 0 radical (unpaired) electrons. The second-order valence-electron chi connectivity index (χ2n) is 6.03. The molecule has 0 amide bonds. The summed E-state index contributed by atoms with van der Waals surface area (Å²) in [6, 6.07) is 17.1. The molecule has 0 N–H and O–H groups in total. The van der Waals surface area contributed by atoms with Crippen LogP contribution >= 0.6 is 0 Å². The Labute approximate surface area is 131 Å². The molecule has 1 unspecified atom stereocenters. The van der Waals surface area contributed by atoms with E-state index in [0.29, 0.717) is 0 Å². The maximum atomic E-state index is 9.55. The number of allylic oxidation sites excluding steroid dienone is 1. The molecule has 2 aromatic rings. The molecule has 1 atom stereocenters. The molecular formula is C20H18N2. The van der Waals surface area contributed by atoms with Gasteiger partial charge in [-0.2, -0.15) is 10.5 Å². The highest BCUT2D eigenvalue weighted by molar-refractivity contribution is 5.92. The summed E-state index contributed by atoms with van der Waals surface area (Å²) in [7, 11) is 0. The van der Waals surface area contributed by atoms with Crippen LogP contribution in [-0.2, 0) is 11.8 Å². The first kappa shape index (κ1) is 14.4. The summed E-state index contributed by atoms with van der Waals surface area (Å²) in [5.41, 5.74) is 2.07. The minimum Gasteiger partial charge on any atom is -0.197 e. The van der Waals surface area contributed by atoms with Gasteiger partial charge in [0.1, 0.15) is 5.92 Å². The zero-order valence-corrected chi connectivity index (χ0v) is 12.5. The van der Waals surface area contributed by atoms with E-state index in [1.807, 2.05) is 12.1 Å². The maximum absolute atomic E-state index is 9.55. The predicted octanol–water partition coefficient (Wildman–Crippen LogP) is 4.65. The highest BCUT2D eigenvalue weighted by Crippen LogP contribution is 2.49. The summed E-state index contributed by atoms with van der Waals surface area (Å²) in [6.45, 7) is 3.78. The SMILES string of the molecule is C=CCCCC1(C(C#N)C#N)Cc2cccc3cccc1c23. The molecule has 0 saturated carbocycles. The van der Waals surface area contributed by atoms with E-state index >= 15 is 0 Å². The van der Waals surface area contributed by atoms with Gasteiger partial charge < -0.3 is 0 Å². The van der Waals surface area contributed by atoms with Gasteiger partial charge in [0.2, 0.25) is 0 Å². The summed E-state index contributed by atoms with van der Waals surface area (Å²) in [4.78, 5) is 0. The number of unbranched alkanes of at least 4 members (excludes halogenated alkanes) is 1. The van der Waals surface area contributed by atoms with E-state index in [2.05, 4.69) is 49.0 Å². The lowest BCUT2D eigenvalue weighted by Crippen LogP contribution is -2.33. The van der Waals surface area contributed by atoms with Crippen molar-refractivity contribution in [2.75, 3.05) is 0 Å². The maximum Gasteiger partial charge on any atom is 0.143 e.